The van der Waals surface area contributed by atoms with Gasteiger partial charge in [0.15, 0.2) is 6.04 Å². The maximum Gasteiger partial charge on any atom is 0.412 e. The number of urea groups is 1. The predicted octanol–water partition coefficient (Wildman–Crippen LogP) is 3.19. The Morgan fingerprint density at radius 2 is 2.08 bits per heavy atom. The van der Waals surface area contributed by atoms with E-state index >= 15 is 0 Å². The number of carbonyl (C=O) groups is 3. The van der Waals surface area contributed by atoms with Crippen molar-refractivity contribution in [2.24, 2.45) is 7.05 Å². The third-order valence-electron chi connectivity index (χ3n) is 7.33. The lowest BCUT2D eigenvalue weighted by molar-refractivity contribution is -0.195. The number of alkyl halides is 3. The van der Waals surface area contributed by atoms with E-state index in [0.717, 1.165) is 21.6 Å². The van der Waals surface area contributed by atoms with Gasteiger partial charge >= 0.3 is 12.2 Å². The van der Waals surface area contributed by atoms with Crippen LogP contribution in [0.2, 0.25) is 0 Å². The lowest BCUT2D eigenvalue weighted by atomic mass is 9.90. The molecule has 4 heterocycles. The second kappa shape index (κ2) is 8.58. The Morgan fingerprint density at radius 1 is 1.26 bits per heavy atom. The van der Waals surface area contributed by atoms with Gasteiger partial charge in [-0.15, -0.1) is 11.3 Å². The smallest absolute Gasteiger partial charge is 0.412 e. The van der Waals surface area contributed by atoms with Crippen LogP contribution in [0.5, 0.6) is 5.75 Å². The summed E-state index contributed by atoms with van der Waals surface area (Å²) in [5, 5.41) is 8.57. The topological polar surface area (TPSA) is 96.8 Å². The molecule has 0 bridgehead atoms. The Kier molecular flexibility index (Phi) is 5.53. The molecule has 2 atom stereocenters. The van der Waals surface area contributed by atoms with E-state index in [1.807, 2.05) is 25.4 Å². The van der Waals surface area contributed by atoms with Crippen molar-refractivity contribution in [2.45, 2.75) is 37.1 Å². The summed E-state index contributed by atoms with van der Waals surface area (Å²) >= 11 is 1.17. The predicted molar refractivity (Wildman–Crippen MR) is 129 cm³/mol. The monoisotopic (exact) mass is 545 g/mol. The molecule has 38 heavy (non-hydrogen) atoms. The van der Waals surface area contributed by atoms with Gasteiger partial charge in [0.2, 0.25) is 5.91 Å². The molecule has 2 aromatic heterocycles. The maximum absolute atomic E-state index is 13.9. The number of aryl methyl sites for hydroxylation is 2. The molecule has 1 aliphatic carbocycles. The summed E-state index contributed by atoms with van der Waals surface area (Å²) in [7, 11) is 1.81. The van der Waals surface area contributed by atoms with Crippen molar-refractivity contribution >= 4 is 29.2 Å². The summed E-state index contributed by atoms with van der Waals surface area (Å²) in [4.78, 5) is 41.6. The fourth-order valence-electron chi connectivity index (χ4n) is 5.40. The van der Waals surface area contributed by atoms with Gasteiger partial charge in [0.1, 0.15) is 24.4 Å². The fraction of sp³-hybridized carbons (Fsp3) is 0.360. The molecule has 3 aliphatic rings. The standard InChI is InChI=1S/C25H22F3N5O4S/c1-31-10-16(9-29-31)14-2-3-17-15(8-14)4-6-24(17)22(35)33(23(36)30-24)12-21(34)32-11-19-18(5-7-38-19)37-13-20(32)25(26,27)28/h2-3,5,7-10,20H,4,6,11-13H2,1H3,(H,30,36)/t20-,24-/m0/s1. The Labute approximate surface area is 218 Å². The first-order valence-electron chi connectivity index (χ1n) is 11.9. The number of benzene rings is 1. The normalized spacial score (nSPS) is 22.8. The highest BCUT2D eigenvalue weighted by molar-refractivity contribution is 7.10. The number of aromatic nitrogens is 2. The fourth-order valence-corrected chi connectivity index (χ4v) is 6.21. The van der Waals surface area contributed by atoms with Gasteiger partial charge in [-0.3, -0.25) is 19.2 Å². The van der Waals surface area contributed by atoms with Gasteiger partial charge in [0.05, 0.1) is 17.6 Å². The second-order valence-electron chi connectivity index (χ2n) is 9.60. The molecule has 3 aromatic rings. The number of fused-ring (bicyclic) bond motifs is 3. The van der Waals surface area contributed by atoms with Crippen LogP contribution in [0.15, 0.2) is 42.0 Å². The number of halogens is 3. The minimum absolute atomic E-state index is 0.287. The highest BCUT2D eigenvalue weighted by atomic mass is 32.1. The Hall–Kier alpha value is -3.87. The number of thiophene rings is 1. The van der Waals surface area contributed by atoms with Gasteiger partial charge in [-0.2, -0.15) is 18.3 Å². The third-order valence-corrected chi connectivity index (χ3v) is 8.22. The number of carbonyl (C=O) groups excluding carboxylic acids is 3. The summed E-state index contributed by atoms with van der Waals surface area (Å²) in [6, 6.07) is 4.09. The van der Waals surface area contributed by atoms with Crippen LogP contribution in [0, 0.1) is 0 Å². The molecular weight excluding hydrogens is 523 g/mol. The van der Waals surface area contributed by atoms with E-state index in [9.17, 15) is 27.6 Å². The molecule has 6 rings (SSSR count). The Bertz CT molecular complexity index is 1470. The van der Waals surface area contributed by atoms with Gasteiger partial charge in [-0.05, 0) is 41.0 Å². The van der Waals surface area contributed by atoms with Crippen molar-refractivity contribution in [3.8, 4) is 16.9 Å². The highest BCUT2D eigenvalue weighted by Crippen LogP contribution is 2.43. The SMILES string of the molecule is Cn1cc(-c2ccc3c(c2)CC[C@]32NC(=O)N(CC(=O)N3Cc4sccc4OC[C@H]3C(F)(F)F)C2=O)cn1. The lowest BCUT2D eigenvalue weighted by Gasteiger charge is -2.31. The quantitative estimate of drug-likeness (QED) is 0.510. The van der Waals surface area contributed by atoms with Crippen LogP contribution in [0.4, 0.5) is 18.0 Å². The second-order valence-corrected chi connectivity index (χ2v) is 10.6. The summed E-state index contributed by atoms with van der Waals surface area (Å²) in [5.41, 5.74) is 1.96. The number of rotatable bonds is 3. The van der Waals surface area contributed by atoms with Crippen molar-refractivity contribution in [3.05, 3.63) is 58.0 Å². The summed E-state index contributed by atoms with van der Waals surface area (Å²) in [5.74, 6) is -1.33. The number of hydrogen-bond donors (Lipinski definition) is 1. The largest absolute Gasteiger partial charge is 0.490 e. The molecule has 13 heteroatoms. The molecule has 0 saturated carbocycles. The number of ether oxygens (including phenoxy) is 1. The van der Waals surface area contributed by atoms with Gasteiger partial charge in [0, 0.05) is 18.8 Å². The number of imide groups is 1. The van der Waals surface area contributed by atoms with Crippen LogP contribution >= 0.6 is 11.3 Å². The zero-order valence-electron chi connectivity index (χ0n) is 20.1. The van der Waals surface area contributed by atoms with Crippen LogP contribution in [0.3, 0.4) is 0 Å². The number of nitrogens with one attached hydrogen (secondary N) is 1. The van der Waals surface area contributed by atoms with Gasteiger partial charge in [-0.1, -0.05) is 18.2 Å². The molecule has 0 radical (unpaired) electrons. The zero-order valence-corrected chi connectivity index (χ0v) is 20.9. The van der Waals surface area contributed by atoms with E-state index in [-0.39, 0.29) is 13.0 Å². The average molecular weight is 546 g/mol. The Balaban J connectivity index is 1.26. The number of nitrogens with zero attached hydrogens (tertiary/aromatic N) is 4. The first-order chi connectivity index (χ1) is 18.1. The van der Waals surface area contributed by atoms with Gasteiger partial charge in [0.25, 0.3) is 5.91 Å². The van der Waals surface area contributed by atoms with Crippen LogP contribution in [0.25, 0.3) is 11.1 Å². The molecule has 0 unspecified atom stereocenters. The molecule has 1 fully saturated rings. The highest BCUT2D eigenvalue weighted by Gasteiger charge is 2.56. The number of hydrogen-bond acceptors (Lipinski definition) is 6. The molecule has 2 aliphatic heterocycles. The first-order valence-corrected chi connectivity index (χ1v) is 12.8. The Morgan fingerprint density at radius 3 is 2.82 bits per heavy atom. The van der Waals surface area contributed by atoms with E-state index in [0.29, 0.717) is 27.5 Å². The van der Waals surface area contributed by atoms with Crippen LogP contribution < -0.4 is 10.1 Å². The molecule has 9 nitrogen and oxygen atoms in total. The molecule has 1 spiro atoms. The summed E-state index contributed by atoms with van der Waals surface area (Å²) < 4.78 is 48.6. The maximum atomic E-state index is 13.9. The minimum Gasteiger partial charge on any atom is -0.490 e. The van der Waals surface area contributed by atoms with Crippen LogP contribution in [0.1, 0.15) is 22.4 Å². The van der Waals surface area contributed by atoms with Crippen LogP contribution in [-0.4, -0.2) is 62.8 Å². The summed E-state index contributed by atoms with van der Waals surface area (Å²) in [6.07, 6.45) is -0.362. The molecular formula is C25H22F3N5O4S. The van der Waals surface area contributed by atoms with E-state index < -0.39 is 48.8 Å². The van der Waals surface area contributed by atoms with E-state index in [4.69, 9.17) is 4.74 Å². The van der Waals surface area contributed by atoms with E-state index in [1.54, 1.807) is 28.4 Å². The third kappa shape index (κ3) is 3.83. The van der Waals surface area contributed by atoms with Crippen molar-refractivity contribution < 1.29 is 32.3 Å². The zero-order chi connectivity index (χ0) is 26.8. The summed E-state index contributed by atoms with van der Waals surface area (Å²) in [6.45, 7) is -1.90. The van der Waals surface area contributed by atoms with Gasteiger partial charge < -0.3 is 15.0 Å². The van der Waals surface area contributed by atoms with E-state index in [2.05, 4.69) is 10.4 Å². The molecule has 4 amide bonds. The first kappa shape index (κ1) is 24.5. The molecule has 1 aromatic carbocycles. The molecule has 198 valence electrons. The minimum atomic E-state index is -4.75. The van der Waals surface area contributed by atoms with Crippen molar-refractivity contribution in [1.82, 2.24) is 24.9 Å². The number of amides is 4. The van der Waals surface area contributed by atoms with Crippen LogP contribution in [-0.2, 0) is 35.1 Å². The van der Waals surface area contributed by atoms with Gasteiger partial charge in [-0.25, -0.2) is 4.79 Å². The lowest BCUT2D eigenvalue weighted by Crippen LogP contribution is -2.53. The van der Waals surface area contributed by atoms with Crippen molar-refractivity contribution in [3.63, 3.8) is 0 Å². The van der Waals surface area contributed by atoms with Crippen molar-refractivity contribution in [2.75, 3.05) is 13.2 Å². The average Bonchev–Trinajstić information content (AvgIpc) is 3.61. The van der Waals surface area contributed by atoms with Crippen molar-refractivity contribution in [1.29, 1.82) is 0 Å². The molecule has 1 N–H and O–H groups in total. The van der Waals surface area contributed by atoms with E-state index in [1.165, 1.54) is 11.3 Å². The molecule has 1 saturated heterocycles.